The fourth-order valence-corrected chi connectivity index (χ4v) is 2.60. The first-order valence-electron chi connectivity index (χ1n) is 7.81. The standard InChI is InChI=1S/C17H25NO3/c1-2-20-17(19)9-6-11-18-12-10-16(13-18)21-14-15-7-4-3-5-8-15/h3-5,7-8,16H,2,6,9-14H2,1H3/t16-/m1/s1. The van der Waals surface area contributed by atoms with E-state index < -0.39 is 0 Å². The summed E-state index contributed by atoms with van der Waals surface area (Å²) in [4.78, 5) is 13.6. The lowest BCUT2D eigenvalue weighted by Crippen LogP contribution is -2.25. The lowest BCUT2D eigenvalue weighted by molar-refractivity contribution is -0.143. The van der Waals surface area contributed by atoms with Crippen LogP contribution < -0.4 is 0 Å². The van der Waals surface area contributed by atoms with Gasteiger partial charge in [-0.05, 0) is 31.9 Å². The molecule has 1 aromatic carbocycles. The van der Waals surface area contributed by atoms with Gasteiger partial charge in [-0.25, -0.2) is 0 Å². The van der Waals surface area contributed by atoms with Gasteiger partial charge >= 0.3 is 5.97 Å². The van der Waals surface area contributed by atoms with Crippen LogP contribution in [0.4, 0.5) is 0 Å². The van der Waals surface area contributed by atoms with Crippen LogP contribution >= 0.6 is 0 Å². The van der Waals surface area contributed by atoms with Crippen molar-refractivity contribution < 1.29 is 14.3 Å². The number of hydrogen-bond acceptors (Lipinski definition) is 4. The number of ether oxygens (including phenoxy) is 2. The molecule has 1 heterocycles. The summed E-state index contributed by atoms with van der Waals surface area (Å²) in [5.74, 6) is -0.0893. The molecular weight excluding hydrogens is 266 g/mol. The van der Waals surface area contributed by atoms with E-state index in [4.69, 9.17) is 9.47 Å². The molecule has 0 saturated carbocycles. The van der Waals surface area contributed by atoms with E-state index in [1.807, 2.05) is 25.1 Å². The fraction of sp³-hybridized carbons (Fsp3) is 0.588. The molecule has 4 heteroatoms. The Bertz CT molecular complexity index is 421. The zero-order valence-electron chi connectivity index (χ0n) is 12.8. The van der Waals surface area contributed by atoms with E-state index in [0.717, 1.165) is 32.5 Å². The Kier molecular flexibility index (Phi) is 6.70. The Morgan fingerprint density at radius 2 is 2.14 bits per heavy atom. The topological polar surface area (TPSA) is 38.8 Å². The third-order valence-corrected chi connectivity index (χ3v) is 3.72. The van der Waals surface area contributed by atoms with Gasteiger partial charge in [-0.3, -0.25) is 4.79 Å². The van der Waals surface area contributed by atoms with Crippen molar-refractivity contribution in [2.45, 2.75) is 38.9 Å². The van der Waals surface area contributed by atoms with E-state index in [2.05, 4.69) is 17.0 Å². The number of hydrogen-bond donors (Lipinski definition) is 0. The highest BCUT2D eigenvalue weighted by molar-refractivity contribution is 5.69. The van der Waals surface area contributed by atoms with E-state index in [9.17, 15) is 4.79 Å². The SMILES string of the molecule is CCOC(=O)CCCN1CC[C@@H](OCc2ccccc2)C1. The molecule has 1 aliphatic heterocycles. The Morgan fingerprint density at radius 3 is 2.90 bits per heavy atom. The van der Waals surface area contributed by atoms with Crippen LogP contribution in [0.25, 0.3) is 0 Å². The second-order valence-corrected chi connectivity index (χ2v) is 5.42. The van der Waals surface area contributed by atoms with Gasteiger partial charge in [0.25, 0.3) is 0 Å². The highest BCUT2D eigenvalue weighted by Gasteiger charge is 2.22. The molecule has 0 N–H and O–H groups in total. The average Bonchev–Trinajstić information content (AvgIpc) is 2.94. The average molecular weight is 291 g/mol. The molecule has 21 heavy (non-hydrogen) atoms. The molecule has 4 nitrogen and oxygen atoms in total. The van der Waals surface area contributed by atoms with Crippen LogP contribution in [0.15, 0.2) is 30.3 Å². The molecular formula is C17H25NO3. The molecule has 0 spiro atoms. The van der Waals surface area contributed by atoms with E-state index >= 15 is 0 Å². The van der Waals surface area contributed by atoms with Crippen LogP contribution in [0, 0.1) is 0 Å². The van der Waals surface area contributed by atoms with Gasteiger partial charge in [0.1, 0.15) is 0 Å². The number of nitrogens with zero attached hydrogens (tertiary/aromatic N) is 1. The minimum absolute atomic E-state index is 0.0893. The van der Waals surface area contributed by atoms with E-state index in [1.165, 1.54) is 5.56 Å². The Morgan fingerprint density at radius 1 is 1.33 bits per heavy atom. The van der Waals surface area contributed by atoms with Crippen molar-refractivity contribution in [2.75, 3.05) is 26.2 Å². The number of carbonyl (C=O) groups is 1. The maximum absolute atomic E-state index is 11.3. The predicted octanol–water partition coefficient (Wildman–Crippen LogP) is 2.62. The second-order valence-electron chi connectivity index (χ2n) is 5.42. The molecule has 0 aromatic heterocycles. The van der Waals surface area contributed by atoms with Gasteiger partial charge in [0.05, 0.1) is 19.3 Å². The van der Waals surface area contributed by atoms with Crippen LogP contribution in [0.5, 0.6) is 0 Å². The number of benzene rings is 1. The van der Waals surface area contributed by atoms with Crippen LogP contribution in [0.3, 0.4) is 0 Å². The monoisotopic (exact) mass is 291 g/mol. The first kappa shape index (κ1) is 16.0. The smallest absolute Gasteiger partial charge is 0.305 e. The molecule has 0 aliphatic carbocycles. The van der Waals surface area contributed by atoms with Gasteiger partial charge in [-0.2, -0.15) is 0 Å². The Balaban J connectivity index is 1.59. The highest BCUT2D eigenvalue weighted by Crippen LogP contribution is 2.15. The lowest BCUT2D eigenvalue weighted by atomic mass is 10.2. The van der Waals surface area contributed by atoms with Gasteiger partial charge < -0.3 is 14.4 Å². The molecule has 1 saturated heterocycles. The summed E-state index contributed by atoms with van der Waals surface area (Å²) in [6.45, 7) is 5.97. The molecule has 0 bridgehead atoms. The van der Waals surface area contributed by atoms with Crippen LogP contribution in [-0.4, -0.2) is 43.2 Å². The van der Waals surface area contributed by atoms with Crippen molar-refractivity contribution in [2.24, 2.45) is 0 Å². The van der Waals surface area contributed by atoms with Crippen molar-refractivity contribution in [1.29, 1.82) is 0 Å². The minimum Gasteiger partial charge on any atom is -0.466 e. The molecule has 1 aromatic rings. The fourth-order valence-electron chi connectivity index (χ4n) is 2.60. The van der Waals surface area contributed by atoms with Crippen molar-refractivity contribution in [1.82, 2.24) is 4.90 Å². The number of esters is 1. The normalized spacial score (nSPS) is 18.8. The first-order valence-corrected chi connectivity index (χ1v) is 7.81. The van der Waals surface area contributed by atoms with Crippen molar-refractivity contribution in [3.05, 3.63) is 35.9 Å². The van der Waals surface area contributed by atoms with Gasteiger partial charge in [0.2, 0.25) is 0 Å². The van der Waals surface area contributed by atoms with Crippen LogP contribution in [-0.2, 0) is 20.9 Å². The Hall–Kier alpha value is -1.39. The first-order chi connectivity index (χ1) is 10.3. The Labute approximate surface area is 127 Å². The number of likely N-dealkylation sites (tertiary alicyclic amines) is 1. The second kappa shape index (κ2) is 8.80. The summed E-state index contributed by atoms with van der Waals surface area (Å²) in [5.41, 5.74) is 1.22. The van der Waals surface area contributed by atoms with Gasteiger partial charge in [-0.15, -0.1) is 0 Å². The zero-order valence-corrected chi connectivity index (χ0v) is 12.8. The van der Waals surface area contributed by atoms with Crippen molar-refractivity contribution in [3.63, 3.8) is 0 Å². The van der Waals surface area contributed by atoms with Gasteiger partial charge in [0, 0.05) is 19.5 Å². The molecule has 0 amide bonds. The van der Waals surface area contributed by atoms with Gasteiger partial charge in [-0.1, -0.05) is 30.3 Å². The molecule has 0 unspecified atom stereocenters. The number of rotatable bonds is 8. The van der Waals surface area contributed by atoms with Crippen LogP contribution in [0.1, 0.15) is 31.7 Å². The van der Waals surface area contributed by atoms with E-state index in [0.29, 0.717) is 25.7 Å². The molecule has 1 fully saturated rings. The molecule has 1 atom stereocenters. The van der Waals surface area contributed by atoms with Crippen molar-refractivity contribution in [3.8, 4) is 0 Å². The quantitative estimate of drug-likeness (QED) is 0.690. The minimum atomic E-state index is -0.0893. The highest BCUT2D eigenvalue weighted by atomic mass is 16.5. The maximum Gasteiger partial charge on any atom is 0.305 e. The molecule has 116 valence electrons. The van der Waals surface area contributed by atoms with Gasteiger partial charge in [0.15, 0.2) is 0 Å². The summed E-state index contributed by atoms with van der Waals surface area (Å²) >= 11 is 0. The largest absolute Gasteiger partial charge is 0.466 e. The molecule has 0 radical (unpaired) electrons. The van der Waals surface area contributed by atoms with E-state index in [-0.39, 0.29) is 5.97 Å². The number of carbonyl (C=O) groups excluding carboxylic acids is 1. The third-order valence-electron chi connectivity index (χ3n) is 3.72. The summed E-state index contributed by atoms with van der Waals surface area (Å²) in [7, 11) is 0. The summed E-state index contributed by atoms with van der Waals surface area (Å²) < 4.78 is 10.9. The predicted molar refractivity (Wildman–Crippen MR) is 81.9 cm³/mol. The summed E-state index contributed by atoms with van der Waals surface area (Å²) in [6, 6.07) is 10.3. The van der Waals surface area contributed by atoms with Crippen LogP contribution in [0.2, 0.25) is 0 Å². The van der Waals surface area contributed by atoms with Crippen molar-refractivity contribution >= 4 is 5.97 Å². The van der Waals surface area contributed by atoms with E-state index in [1.54, 1.807) is 0 Å². The molecule has 1 aliphatic rings. The molecule has 2 rings (SSSR count). The lowest BCUT2D eigenvalue weighted by Gasteiger charge is -2.16. The third kappa shape index (κ3) is 5.86. The maximum atomic E-state index is 11.3. The summed E-state index contributed by atoms with van der Waals surface area (Å²) in [5, 5.41) is 0. The summed E-state index contributed by atoms with van der Waals surface area (Å²) in [6.07, 6.45) is 2.77. The zero-order chi connectivity index (χ0) is 14.9.